The summed E-state index contributed by atoms with van der Waals surface area (Å²) in [6.07, 6.45) is 0. The van der Waals surface area contributed by atoms with Gasteiger partial charge in [0, 0.05) is 16.2 Å². The molecule has 1 fully saturated rings. The molecule has 5 aromatic rings. The van der Waals surface area contributed by atoms with E-state index in [1.54, 1.807) is 0 Å². The van der Waals surface area contributed by atoms with Gasteiger partial charge < -0.3 is 13.7 Å². The zero-order chi connectivity index (χ0) is 22.1. The molecule has 4 aromatic carbocycles. The lowest BCUT2D eigenvalue weighted by Gasteiger charge is -2.32. The average Bonchev–Trinajstić information content (AvgIpc) is 3.26. The van der Waals surface area contributed by atoms with Gasteiger partial charge in [-0.3, -0.25) is 0 Å². The number of hydrogen-bond donors (Lipinski definition) is 0. The van der Waals surface area contributed by atoms with Crippen LogP contribution in [-0.4, -0.2) is 18.3 Å². The first-order chi connectivity index (χ1) is 15.3. The molecule has 1 aromatic heterocycles. The average molecular weight is 420 g/mol. The monoisotopic (exact) mass is 420 g/mol. The van der Waals surface area contributed by atoms with Gasteiger partial charge in [0.1, 0.15) is 11.2 Å². The number of hydrogen-bond acceptors (Lipinski definition) is 3. The van der Waals surface area contributed by atoms with Gasteiger partial charge >= 0.3 is 7.12 Å². The fourth-order valence-electron chi connectivity index (χ4n) is 4.60. The van der Waals surface area contributed by atoms with E-state index in [4.69, 9.17) is 13.7 Å². The van der Waals surface area contributed by atoms with E-state index >= 15 is 0 Å². The Labute approximate surface area is 188 Å². The zero-order valence-corrected chi connectivity index (χ0v) is 18.8. The second-order valence-corrected chi connectivity index (χ2v) is 9.66. The maximum absolute atomic E-state index is 6.45. The molecule has 0 amide bonds. The molecule has 1 saturated heterocycles. The molecule has 158 valence electrons. The second-order valence-electron chi connectivity index (χ2n) is 9.66. The van der Waals surface area contributed by atoms with Crippen molar-refractivity contribution in [3.63, 3.8) is 0 Å². The maximum atomic E-state index is 6.45. The van der Waals surface area contributed by atoms with Crippen LogP contribution in [0, 0.1) is 0 Å². The van der Waals surface area contributed by atoms with E-state index in [0.717, 1.165) is 32.8 Å². The molecule has 0 radical (unpaired) electrons. The van der Waals surface area contributed by atoms with Crippen LogP contribution >= 0.6 is 0 Å². The summed E-state index contributed by atoms with van der Waals surface area (Å²) in [5.41, 5.74) is 4.41. The van der Waals surface area contributed by atoms with E-state index in [2.05, 4.69) is 107 Å². The van der Waals surface area contributed by atoms with E-state index in [1.807, 2.05) is 0 Å². The van der Waals surface area contributed by atoms with Crippen LogP contribution in [0.2, 0.25) is 0 Å². The normalized spacial score (nSPS) is 17.6. The lowest BCUT2D eigenvalue weighted by Crippen LogP contribution is -2.41. The topological polar surface area (TPSA) is 31.6 Å². The molecule has 1 aliphatic heterocycles. The van der Waals surface area contributed by atoms with Crippen molar-refractivity contribution < 1.29 is 13.7 Å². The highest BCUT2D eigenvalue weighted by atomic mass is 16.7. The van der Waals surface area contributed by atoms with Crippen molar-refractivity contribution in [2.75, 3.05) is 0 Å². The summed E-state index contributed by atoms with van der Waals surface area (Å²) in [4.78, 5) is 0. The van der Waals surface area contributed by atoms with Crippen molar-refractivity contribution >= 4 is 45.3 Å². The second kappa shape index (κ2) is 6.71. The molecule has 1 aliphatic rings. The van der Waals surface area contributed by atoms with Crippen LogP contribution in [0.3, 0.4) is 0 Å². The van der Waals surface area contributed by atoms with Gasteiger partial charge in [-0.25, -0.2) is 0 Å². The molecular formula is C28H25BO3. The molecule has 0 spiro atoms. The van der Waals surface area contributed by atoms with Crippen LogP contribution in [0.4, 0.5) is 0 Å². The van der Waals surface area contributed by atoms with E-state index in [9.17, 15) is 0 Å². The molecule has 0 bridgehead atoms. The van der Waals surface area contributed by atoms with Crippen molar-refractivity contribution in [1.29, 1.82) is 0 Å². The first kappa shape index (κ1) is 19.6. The maximum Gasteiger partial charge on any atom is 0.494 e. The summed E-state index contributed by atoms with van der Waals surface area (Å²) in [5, 5.41) is 4.54. The Morgan fingerprint density at radius 3 is 2.00 bits per heavy atom. The molecule has 32 heavy (non-hydrogen) atoms. The number of benzene rings is 4. The van der Waals surface area contributed by atoms with Crippen LogP contribution in [0.5, 0.6) is 0 Å². The summed E-state index contributed by atoms with van der Waals surface area (Å²) in [7, 11) is -0.408. The molecule has 0 aliphatic carbocycles. The first-order valence-corrected chi connectivity index (χ1v) is 11.1. The zero-order valence-electron chi connectivity index (χ0n) is 18.8. The lowest BCUT2D eigenvalue weighted by atomic mass is 9.79. The third kappa shape index (κ3) is 2.83. The number of furan rings is 1. The summed E-state index contributed by atoms with van der Waals surface area (Å²) >= 11 is 0. The van der Waals surface area contributed by atoms with Gasteiger partial charge in [0.2, 0.25) is 0 Å². The summed E-state index contributed by atoms with van der Waals surface area (Å²) < 4.78 is 19.0. The Hall–Kier alpha value is -3.08. The Bertz CT molecular complexity index is 1460. The van der Waals surface area contributed by atoms with Crippen LogP contribution in [0.1, 0.15) is 27.7 Å². The van der Waals surface area contributed by atoms with Crippen LogP contribution in [-0.2, 0) is 9.31 Å². The van der Waals surface area contributed by atoms with Crippen molar-refractivity contribution in [3.8, 4) is 11.1 Å². The van der Waals surface area contributed by atoms with E-state index in [1.165, 1.54) is 16.5 Å². The van der Waals surface area contributed by atoms with Crippen LogP contribution in [0.15, 0.2) is 83.3 Å². The molecule has 3 nitrogen and oxygen atoms in total. The quantitative estimate of drug-likeness (QED) is 0.298. The Morgan fingerprint density at radius 2 is 1.28 bits per heavy atom. The van der Waals surface area contributed by atoms with Crippen LogP contribution < -0.4 is 5.46 Å². The van der Waals surface area contributed by atoms with Crippen molar-refractivity contribution in [1.82, 2.24) is 0 Å². The first-order valence-electron chi connectivity index (χ1n) is 11.1. The highest BCUT2D eigenvalue weighted by molar-refractivity contribution is 6.62. The van der Waals surface area contributed by atoms with E-state index < -0.39 is 7.12 Å². The Kier molecular flexibility index (Phi) is 4.11. The number of fused-ring (bicyclic) bond motifs is 5. The van der Waals surface area contributed by atoms with Gasteiger partial charge in [0.25, 0.3) is 0 Å². The summed E-state index contributed by atoms with van der Waals surface area (Å²) in [5.74, 6) is 0. The van der Waals surface area contributed by atoms with Gasteiger partial charge in [-0.05, 0) is 61.8 Å². The minimum Gasteiger partial charge on any atom is -0.455 e. The fourth-order valence-corrected chi connectivity index (χ4v) is 4.60. The molecule has 0 N–H and O–H groups in total. The molecule has 0 unspecified atom stereocenters. The van der Waals surface area contributed by atoms with E-state index in [0.29, 0.717) is 0 Å². The van der Waals surface area contributed by atoms with Gasteiger partial charge in [-0.15, -0.1) is 0 Å². The van der Waals surface area contributed by atoms with E-state index in [-0.39, 0.29) is 11.2 Å². The standard InChI is InChI=1S/C28H25BO3/c1-27(2)28(3,4)32-29(31-27)19-14-15-21-24-17-23(18-10-6-5-7-11-18)20-12-8-9-13-22(20)26(24)30-25(21)16-19/h5-17H,1-4H3. The van der Waals surface area contributed by atoms with Gasteiger partial charge in [0.15, 0.2) is 0 Å². The lowest BCUT2D eigenvalue weighted by molar-refractivity contribution is 0.00578. The minimum absolute atomic E-state index is 0.374. The molecule has 2 heterocycles. The predicted molar refractivity (Wildman–Crippen MR) is 132 cm³/mol. The SMILES string of the molecule is CC1(C)OB(c2ccc3c(c2)oc2c4ccccc4c(-c4ccccc4)cc32)OC1(C)C. The Morgan fingerprint density at radius 1 is 0.625 bits per heavy atom. The van der Waals surface area contributed by atoms with Crippen molar-refractivity contribution in [2.24, 2.45) is 0 Å². The largest absolute Gasteiger partial charge is 0.494 e. The number of rotatable bonds is 2. The summed E-state index contributed by atoms with van der Waals surface area (Å²) in [6, 6.07) is 27.5. The highest BCUT2D eigenvalue weighted by Crippen LogP contribution is 2.40. The van der Waals surface area contributed by atoms with Crippen molar-refractivity contribution in [2.45, 2.75) is 38.9 Å². The molecule has 0 saturated carbocycles. The molecule has 0 atom stereocenters. The highest BCUT2D eigenvalue weighted by Gasteiger charge is 2.51. The van der Waals surface area contributed by atoms with Gasteiger partial charge in [-0.1, -0.05) is 66.7 Å². The van der Waals surface area contributed by atoms with Crippen molar-refractivity contribution in [3.05, 3.63) is 78.9 Å². The molecule has 6 rings (SSSR count). The Balaban J connectivity index is 1.56. The molecule has 4 heteroatoms. The minimum atomic E-state index is -0.408. The third-order valence-corrected chi connectivity index (χ3v) is 7.11. The van der Waals surface area contributed by atoms with Gasteiger partial charge in [-0.2, -0.15) is 0 Å². The predicted octanol–water partition coefficient (Wildman–Crippen LogP) is 6.71. The smallest absolute Gasteiger partial charge is 0.455 e. The summed E-state index contributed by atoms with van der Waals surface area (Å²) in [6.45, 7) is 8.29. The third-order valence-electron chi connectivity index (χ3n) is 7.11. The van der Waals surface area contributed by atoms with Crippen LogP contribution in [0.25, 0.3) is 43.8 Å². The van der Waals surface area contributed by atoms with Gasteiger partial charge in [0.05, 0.1) is 11.2 Å². The fraction of sp³-hybridized carbons (Fsp3) is 0.214. The molecular weight excluding hydrogens is 395 g/mol.